The number of nitrogens with two attached hydrogens (primary N) is 1. The number of hydrogen-bond acceptors (Lipinski definition) is 2. The number of rotatable bonds is 2. The Bertz CT molecular complexity index is 615. The summed E-state index contributed by atoms with van der Waals surface area (Å²) < 4.78 is 13.3. The molecule has 2 nitrogen and oxygen atoms in total. The lowest BCUT2D eigenvalue weighted by Gasteiger charge is -2.19. The van der Waals surface area contributed by atoms with E-state index < -0.39 is 0 Å². The van der Waals surface area contributed by atoms with Crippen molar-refractivity contribution in [2.45, 2.75) is 12.6 Å². The normalized spacial score (nSPS) is 17.6. The molecule has 0 aromatic heterocycles. The standard InChI is InChI=1S/C15H14ClFN2/c16-11-3-1-2-10(6-11)8-19-9-14(18)13-7-12(17)4-5-15(13)19/h1-7,14H,8-9,18H2/t14-/m1/s1. The van der Waals surface area contributed by atoms with Gasteiger partial charge in [0, 0.05) is 29.8 Å². The summed E-state index contributed by atoms with van der Waals surface area (Å²) in [6, 6.07) is 12.4. The van der Waals surface area contributed by atoms with Crippen molar-refractivity contribution < 1.29 is 4.39 Å². The summed E-state index contributed by atoms with van der Waals surface area (Å²) in [5.41, 5.74) is 9.06. The highest BCUT2D eigenvalue weighted by molar-refractivity contribution is 6.30. The number of anilines is 1. The van der Waals surface area contributed by atoms with Gasteiger partial charge in [-0.15, -0.1) is 0 Å². The molecule has 3 rings (SSSR count). The van der Waals surface area contributed by atoms with Gasteiger partial charge in [-0.05, 0) is 41.5 Å². The zero-order valence-corrected chi connectivity index (χ0v) is 11.1. The van der Waals surface area contributed by atoms with Crippen molar-refractivity contribution in [2.24, 2.45) is 5.73 Å². The van der Waals surface area contributed by atoms with E-state index in [9.17, 15) is 4.39 Å². The van der Waals surface area contributed by atoms with Crippen LogP contribution in [0.1, 0.15) is 17.2 Å². The van der Waals surface area contributed by atoms with Crippen LogP contribution in [0.25, 0.3) is 0 Å². The largest absolute Gasteiger partial charge is 0.365 e. The minimum Gasteiger partial charge on any atom is -0.365 e. The van der Waals surface area contributed by atoms with Gasteiger partial charge in [-0.2, -0.15) is 0 Å². The van der Waals surface area contributed by atoms with Gasteiger partial charge in [-0.25, -0.2) is 4.39 Å². The SMILES string of the molecule is N[C@@H]1CN(Cc2cccc(Cl)c2)c2ccc(F)cc21. The number of benzene rings is 2. The molecule has 1 aliphatic heterocycles. The Labute approximate surface area is 116 Å². The Morgan fingerprint density at radius 3 is 2.89 bits per heavy atom. The first-order valence-electron chi connectivity index (χ1n) is 6.18. The van der Waals surface area contributed by atoms with Crippen LogP contribution < -0.4 is 10.6 Å². The molecule has 0 saturated carbocycles. The summed E-state index contributed by atoms with van der Waals surface area (Å²) in [5.74, 6) is -0.237. The molecule has 0 aliphatic carbocycles. The number of halogens is 2. The van der Waals surface area contributed by atoms with E-state index in [0.29, 0.717) is 6.54 Å². The summed E-state index contributed by atoms with van der Waals surface area (Å²) in [6.07, 6.45) is 0. The molecule has 98 valence electrons. The molecule has 0 bridgehead atoms. The molecule has 0 fully saturated rings. The van der Waals surface area contributed by atoms with Gasteiger partial charge in [0.1, 0.15) is 5.82 Å². The topological polar surface area (TPSA) is 29.3 Å². The first kappa shape index (κ1) is 12.5. The van der Waals surface area contributed by atoms with Crippen LogP contribution in [0, 0.1) is 5.82 Å². The highest BCUT2D eigenvalue weighted by Gasteiger charge is 2.26. The van der Waals surface area contributed by atoms with Crippen LogP contribution in [0.5, 0.6) is 0 Å². The van der Waals surface area contributed by atoms with Crippen LogP contribution in [-0.4, -0.2) is 6.54 Å². The van der Waals surface area contributed by atoms with Crippen molar-refractivity contribution in [1.29, 1.82) is 0 Å². The van der Waals surface area contributed by atoms with Crippen LogP contribution in [0.15, 0.2) is 42.5 Å². The smallest absolute Gasteiger partial charge is 0.123 e. The van der Waals surface area contributed by atoms with E-state index in [1.807, 2.05) is 24.3 Å². The van der Waals surface area contributed by atoms with Crippen LogP contribution in [0.3, 0.4) is 0 Å². The molecule has 2 N–H and O–H groups in total. The van der Waals surface area contributed by atoms with Gasteiger partial charge in [0.25, 0.3) is 0 Å². The van der Waals surface area contributed by atoms with Gasteiger partial charge in [0.2, 0.25) is 0 Å². The van der Waals surface area contributed by atoms with Gasteiger partial charge < -0.3 is 10.6 Å². The van der Waals surface area contributed by atoms with Crippen LogP contribution >= 0.6 is 11.6 Å². The molecule has 0 unspecified atom stereocenters. The Balaban J connectivity index is 1.89. The Hall–Kier alpha value is -1.58. The fourth-order valence-electron chi connectivity index (χ4n) is 2.55. The third-order valence-electron chi connectivity index (χ3n) is 3.41. The summed E-state index contributed by atoms with van der Waals surface area (Å²) in [7, 11) is 0. The molecular formula is C15H14ClFN2. The van der Waals surface area contributed by atoms with Crippen molar-refractivity contribution in [1.82, 2.24) is 0 Å². The molecule has 0 spiro atoms. The average molecular weight is 277 g/mol. The number of fused-ring (bicyclic) bond motifs is 1. The maximum Gasteiger partial charge on any atom is 0.123 e. The lowest BCUT2D eigenvalue weighted by atomic mass is 10.1. The maximum absolute atomic E-state index is 13.3. The molecule has 4 heteroatoms. The van der Waals surface area contributed by atoms with E-state index in [1.165, 1.54) is 12.1 Å². The van der Waals surface area contributed by atoms with E-state index in [2.05, 4.69) is 4.90 Å². The lowest BCUT2D eigenvalue weighted by molar-refractivity contribution is 0.624. The van der Waals surface area contributed by atoms with E-state index in [1.54, 1.807) is 6.07 Å². The van der Waals surface area contributed by atoms with Gasteiger partial charge in [0.05, 0.1) is 0 Å². The second-order valence-electron chi connectivity index (χ2n) is 4.82. The van der Waals surface area contributed by atoms with Crippen molar-refractivity contribution >= 4 is 17.3 Å². The monoisotopic (exact) mass is 276 g/mol. The predicted molar refractivity (Wildman–Crippen MR) is 75.8 cm³/mol. The summed E-state index contributed by atoms with van der Waals surface area (Å²) >= 11 is 5.99. The fraction of sp³-hybridized carbons (Fsp3) is 0.200. The highest BCUT2D eigenvalue weighted by Crippen LogP contribution is 2.34. The van der Waals surface area contributed by atoms with Gasteiger partial charge in [0.15, 0.2) is 0 Å². The lowest BCUT2D eigenvalue weighted by Crippen LogP contribution is -2.23. The van der Waals surface area contributed by atoms with Gasteiger partial charge in [-0.3, -0.25) is 0 Å². The van der Waals surface area contributed by atoms with Crippen LogP contribution in [0.2, 0.25) is 5.02 Å². The molecule has 2 aromatic carbocycles. The zero-order valence-electron chi connectivity index (χ0n) is 10.3. The van der Waals surface area contributed by atoms with E-state index in [-0.39, 0.29) is 11.9 Å². The Morgan fingerprint density at radius 2 is 2.11 bits per heavy atom. The second kappa shape index (κ2) is 4.83. The van der Waals surface area contributed by atoms with Crippen molar-refractivity contribution in [3.8, 4) is 0 Å². The predicted octanol–water partition coefficient (Wildman–Crippen LogP) is 3.50. The maximum atomic E-state index is 13.3. The third-order valence-corrected chi connectivity index (χ3v) is 3.64. The Morgan fingerprint density at radius 1 is 1.26 bits per heavy atom. The summed E-state index contributed by atoms with van der Waals surface area (Å²) in [6.45, 7) is 1.43. The third kappa shape index (κ3) is 2.44. The highest BCUT2D eigenvalue weighted by atomic mass is 35.5. The zero-order chi connectivity index (χ0) is 13.4. The molecular weight excluding hydrogens is 263 g/mol. The fourth-order valence-corrected chi connectivity index (χ4v) is 2.76. The minimum absolute atomic E-state index is 0.134. The molecule has 1 atom stereocenters. The van der Waals surface area contributed by atoms with Crippen molar-refractivity contribution in [2.75, 3.05) is 11.4 Å². The first-order chi connectivity index (χ1) is 9.13. The molecule has 1 heterocycles. The molecule has 0 amide bonds. The van der Waals surface area contributed by atoms with E-state index in [4.69, 9.17) is 17.3 Å². The quantitative estimate of drug-likeness (QED) is 0.910. The first-order valence-corrected chi connectivity index (χ1v) is 6.56. The second-order valence-corrected chi connectivity index (χ2v) is 5.26. The number of nitrogens with zero attached hydrogens (tertiary/aromatic N) is 1. The molecule has 19 heavy (non-hydrogen) atoms. The molecule has 1 aliphatic rings. The molecule has 2 aromatic rings. The van der Waals surface area contributed by atoms with Gasteiger partial charge >= 0.3 is 0 Å². The van der Waals surface area contributed by atoms with Crippen LogP contribution in [-0.2, 0) is 6.54 Å². The minimum atomic E-state index is -0.237. The Kier molecular flexibility index (Phi) is 3.17. The molecule has 0 radical (unpaired) electrons. The van der Waals surface area contributed by atoms with Crippen LogP contribution in [0.4, 0.5) is 10.1 Å². The molecule has 0 saturated heterocycles. The average Bonchev–Trinajstić information content (AvgIpc) is 2.66. The van der Waals surface area contributed by atoms with Crippen molar-refractivity contribution in [3.05, 3.63) is 64.4 Å². The van der Waals surface area contributed by atoms with Crippen molar-refractivity contribution in [3.63, 3.8) is 0 Å². The van der Waals surface area contributed by atoms with Gasteiger partial charge in [-0.1, -0.05) is 23.7 Å². The van der Waals surface area contributed by atoms with E-state index in [0.717, 1.165) is 28.4 Å². The summed E-state index contributed by atoms with van der Waals surface area (Å²) in [4.78, 5) is 2.16. The van der Waals surface area contributed by atoms with E-state index >= 15 is 0 Å². The summed E-state index contributed by atoms with van der Waals surface area (Å²) in [5, 5.41) is 0.723. The number of hydrogen-bond donors (Lipinski definition) is 1.